The van der Waals surface area contributed by atoms with Gasteiger partial charge in [0.05, 0.1) is 11.6 Å². The van der Waals surface area contributed by atoms with Crippen LogP contribution in [-0.4, -0.2) is 53.1 Å². The number of unbranched alkanes of at least 4 members (excludes halogenated alkanes) is 2. The van der Waals surface area contributed by atoms with Crippen molar-refractivity contribution >= 4 is 23.3 Å². The van der Waals surface area contributed by atoms with E-state index in [4.69, 9.17) is 0 Å². The van der Waals surface area contributed by atoms with Gasteiger partial charge in [-0.2, -0.15) is 5.10 Å². The normalized spacial score (nSPS) is 18.9. The molecule has 0 spiro atoms. The van der Waals surface area contributed by atoms with Crippen LogP contribution < -0.4 is 10.2 Å². The number of carbonyl (C=O) groups excluding carboxylic acids is 2. The maximum absolute atomic E-state index is 13.3. The number of rotatable bonds is 8. The second-order valence-corrected chi connectivity index (χ2v) is 9.15. The summed E-state index contributed by atoms with van der Waals surface area (Å²) in [7, 11) is 0. The maximum Gasteiger partial charge on any atom is 0.237 e. The molecule has 2 aromatic rings. The molecule has 0 aliphatic carbocycles. The Morgan fingerprint density at radius 3 is 2.52 bits per heavy atom. The van der Waals surface area contributed by atoms with Crippen LogP contribution in [0, 0.1) is 5.92 Å². The van der Waals surface area contributed by atoms with Crippen LogP contribution in [0.4, 0.5) is 11.5 Å². The topological polar surface area (TPSA) is 78.4 Å². The number of amides is 2. The summed E-state index contributed by atoms with van der Waals surface area (Å²) in [5, 5.41) is 11.5. The Balaban J connectivity index is 1.42. The van der Waals surface area contributed by atoms with Crippen molar-refractivity contribution in [2.45, 2.75) is 57.8 Å². The van der Waals surface area contributed by atoms with Gasteiger partial charge in [-0.15, -0.1) is 5.10 Å². The van der Waals surface area contributed by atoms with Crippen LogP contribution in [0.5, 0.6) is 0 Å². The smallest absolute Gasteiger partial charge is 0.237 e. The lowest BCUT2D eigenvalue weighted by atomic mass is 9.89. The van der Waals surface area contributed by atoms with Gasteiger partial charge in [0.1, 0.15) is 0 Å². The van der Waals surface area contributed by atoms with Crippen molar-refractivity contribution in [2.24, 2.45) is 5.92 Å². The number of anilines is 2. The predicted octanol–water partition coefficient (Wildman–Crippen LogP) is 4.04. The third-order valence-electron chi connectivity index (χ3n) is 6.88. The van der Waals surface area contributed by atoms with Gasteiger partial charge < -0.3 is 10.2 Å². The quantitative estimate of drug-likeness (QED) is 0.616. The summed E-state index contributed by atoms with van der Waals surface area (Å²) in [6, 6.07) is 11.9. The van der Waals surface area contributed by atoms with Crippen molar-refractivity contribution in [1.82, 2.24) is 20.4 Å². The van der Waals surface area contributed by atoms with Gasteiger partial charge in [0, 0.05) is 32.3 Å². The van der Waals surface area contributed by atoms with Crippen LogP contribution in [0.25, 0.3) is 0 Å². The average Bonchev–Trinajstić information content (AvgIpc) is 3.41. The summed E-state index contributed by atoms with van der Waals surface area (Å²) in [5.41, 5.74) is 2.09. The molecule has 0 unspecified atom stereocenters. The third kappa shape index (κ3) is 5.77. The molecule has 2 amide bonds. The second kappa shape index (κ2) is 11.4. The van der Waals surface area contributed by atoms with E-state index in [1.54, 1.807) is 17.2 Å². The molecule has 1 atom stereocenters. The van der Waals surface area contributed by atoms with Crippen LogP contribution in [0.1, 0.15) is 63.4 Å². The summed E-state index contributed by atoms with van der Waals surface area (Å²) >= 11 is 0. The highest BCUT2D eigenvalue weighted by Gasteiger charge is 2.30. The zero-order valence-corrected chi connectivity index (χ0v) is 19.6. The minimum absolute atomic E-state index is 0.0501. The maximum atomic E-state index is 13.3. The Labute approximate surface area is 196 Å². The SMILES string of the molecule is CCCCCC(=O)N1CCC(c2ccc(N(C(=O)[C@H]3CCNC3)c3cccnn3)cc2)CC1. The Bertz CT molecular complexity index is 904. The highest BCUT2D eigenvalue weighted by Crippen LogP contribution is 2.32. The number of hydrogen-bond donors (Lipinski definition) is 1. The van der Waals surface area contributed by atoms with Crippen molar-refractivity contribution in [3.63, 3.8) is 0 Å². The van der Waals surface area contributed by atoms with Gasteiger partial charge in [-0.25, -0.2) is 0 Å². The molecular weight excluding hydrogens is 414 g/mol. The fourth-order valence-corrected chi connectivity index (χ4v) is 4.88. The van der Waals surface area contributed by atoms with Gasteiger partial charge in [-0.3, -0.25) is 14.5 Å². The van der Waals surface area contributed by atoms with E-state index in [2.05, 4.69) is 34.6 Å². The largest absolute Gasteiger partial charge is 0.343 e. The molecule has 33 heavy (non-hydrogen) atoms. The van der Waals surface area contributed by atoms with Gasteiger partial charge >= 0.3 is 0 Å². The van der Waals surface area contributed by atoms with Gasteiger partial charge in [-0.1, -0.05) is 31.9 Å². The molecule has 2 aliphatic rings. The summed E-state index contributed by atoms with van der Waals surface area (Å²) in [5.74, 6) is 1.31. The fourth-order valence-electron chi connectivity index (χ4n) is 4.88. The first-order valence-corrected chi connectivity index (χ1v) is 12.4. The number of benzene rings is 1. The fraction of sp³-hybridized carbons (Fsp3) is 0.538. The Hall–Kier alpha value is -2.80. The van der Waals surface area contributed by atoms with Gasteiger partial charge in [0.15, 0.2) is 5.82 Å². The zero-order valence-electron chi connectivity index (χ0n) is 19.6. The van der Waals surface area contributed by atoms with Gasteiger partial charge in [0.25, 0.3) is 0 Å². The monoisotopic (exact) mass is 449 g/mol. The molecule has 4 rings (SSSR count). The Morgan fingerprint density at radius 2 is 1.88 bits per heavy atom. The Kier molecular flexibility index (Phi) is 8.05. The molecule has 7 heteroatoms. The van der Waals surface area contributed by atoms with E-state index in [-0.39, 0.29) is 11.8 Å². The first-order valence-electron chi connectivity index (χ1n) is 12.4. The standard InChI is InChI=1S/C26H35N5O2/c1-2-3-4-7-25(32)30-17-13-21(14-18-30)20-8-10-23(11-9-20)31(24-6-5-15-28-29-24)26(33)22-12-16-27-19-22/h5-6,8-11,15,21-22,27H,2-4,7,12-14,16-19H2,1H3/t22-/m0/s1. The van der Waals surface area contributed by atoms with Gasteiger partial charge in [0.2, 0.25) is 11.8 Å². The van der Waals surface area contributed by atoms with E-state index in [0.717, 1.165) is 63.8 Å². The highest BCUT2D eigenvalue weighted by molar-refractivity contribution is 6.01. The van der Waals surface area contributed by atoms with Crippen LogP contribution in [0.2, 0.25) is 0 Å². The Morgan fingerprint density at radius 1 is 1.09 bits per heavy atom. The zero-order chi connectivity index (χ0) is 23.0. The molecule has 176 valence electrons. The lowest BCUT2D eigenvalue weighted by Crippen LogP contribution is -2.37. The molecule has 0 radical (unpaired) electrons. The van der Waals surface area contributed by atoms with Gasteiger partial charge in [-0.05, 0) is 68.0 Å². The summed E-state index contributed by atoms with van der Waals surface area (Å²) < 4.78 is 0. The van der Waals surface area contributed by atoms with E-state index >= 15 is 0 Å². The van der Waals surface area contributed by atoms with E-state index in [1.807, 2.05) is 23.1 Å². The van der Waals surface area contributed by atoms with Crippen LogP contribution in [0.3, 0.4) is 0 Å². The van der Waals surface area contributed by atoms with E-state index in [9.17, 15) is 9.59 Å². The summed E-state index contributed by atoms with van der Waals surface area (Å²) in [6.07, 6.45) is 8.36. The predicted molar refractivity (Wildman–Crippen MR) is 129 cm³/mol. The van der Waals surface area contributed by atoms with Crippen LogP contribution in [-0.2, 0) is 9.59 Å². The molecule has 1 aromatic heterocycles. The first kappa shape index (κ1) is 23.4. The second-order valence-electron chi connectivity index (χ2n) is 9.15. The van der Waals surface area contributed by atoms with Crippen molar-refractivity contribution < 1.29 is 9.59 Å². The number of piperidine rings is 1. The van der Waals surface area contributed by atoms with Crippen LogP contribution in [0.15, 0.2) is 42.6 Å². The van der Waals surface area contributed by atoms with E-state index in [1.165, 1.54) is 5.56 Å². The lowest BCUT2D eigenvalue weighted by Gasteiger charge is -2.32. The molecule has 2 aliphatic heterocycles. The minimum Gasteiger partial charge on any atom is -0.343 e. The van der Waals surface area contributed by atoms with Crippen molar-refractivity contribution in [3.05, 3.63) is 48.2 Å². The summed E-state index contributed by atoms with van der Waals surface area (Å²) in [6.45, 7) is 5.38. The molecule has 1 N–H and O–H groups in total. The summed E-state index contributed by atoms with van der Waals surface area (Å²) in [4.78, 5) is 29.5. The minimum atomic E-state index is -0.0501. The number of aromatic nitrogens is 2. The number of carbonyl (C=O) groups is 2. The van der Waals surface area contributed by atoms with E-state index in [0.29, 0.717) is 30.6 Å². The average molecular weight is 450 g/mol. The molecule has 1 aromatic carbocycles. The molecule has 0 bridgehead atoms. The van der Waals surface area contributed by atoms with Crippen molar-refractivity contribution in [2.75, 3.05) is 31.1 Å². The van der Waals surface area contributed by atoms with Crippen molar-refractivity contribution in [3.8, 4) is 0 Å². The highest BCUT2D eigenvalue weighted by atomic mass is 16.2. The van der Waals surface area contributed by atoms with Crippen LogP contribution >= 0.6 is 0 Å². The third-order valence-corrected chi connectivity index (χ3v) is 6.88. The van der Waals surface area contributed by atoms with Crippen molar-refractivity contribution in [1.29, 1.82) is 0 Å². The number of likely N-dealkylation sites (tertiary alicyclic amines) is 1. The molecule has 2 saturated heterocycles. The number of hydrogen-bond acceptors (Lipinski definition) is 5. The first-order chi connectivity index (χ1) is 16.2. The molecular formula is C26H35N5O2. The molecule has 0 saturated carbocycles. The molecule has 3 heterocycles. The van der Waals surface area contributed by atoms with E-state index < -0.39 is 0 Å². The molecule has 7 nitrogen and oxygen atoms in total. The number of nitrogens with one attached hydrogen (secondary N) is 1. The lowest BCUT2D eigenvalue weighted by molar-refractivity contribution is -0.132. The number of nitrogens with zero attached hydrogens (tertiary/aromatic N) is 4. The molecule has 2 fully saturated rings.